The molecule has 0 bridgehead atoms. The van der Waals surface area contributed by atoms with E-state index in [4.69, 9.17) is 0 Å². The van der Waals surface area contributed by atoms with Crippen LogP contribution in [0.2, 0.25) is 0 Å². The van der Waals surface area contributed by atoms with E-state index < -0.39 is 29.9 Å². The molecule has 2 aliphatic heterocycles. The number of nitrogens with one attached hydrogen (secondary N) is 1. The van der Waals surface area contributed by atoms with Crippen LogP contribution in [0.1, 0.15) is 37.3 Å². The molecule has 2 saturated heterocycles. The first kappa shape index (κ1) is 26.5. The number of hydrogen-bond donors (Lipinski definition) is 1. The van der Waals surface area contributed by atoms with E-state index >= 15 is 0 Å². The maximum atomic E-state index is 14.4. The lowest BCUT2D eigenvalue weighted by molar-refractivity contribution is -0.188. The first-order valence-corrected chi connectivity index (χ1v) is 12.3. The van der Waals surface area contributed by atoms with Crippen LogP contribution >= 0.6 is 0 Å². The quantitative estimate of drug-likeness (QED) is 0.612. The van der Waals surface area contributed by atoms with E-state index in [1.807, 2.05) is 6.92 Å². The Hall–Kier alpha value is -3.60. The molecule has 37 heavy (non-hydrogen) atoms. The summed E-state index contributed by atoms with van der Waals surface area (Å²) in [4.78, 5) is 42.8. The fourth-order valence-corrected chi connectivity index (χ4v) is 4.84. The monoisotopic (exact) mass is 517 g/mol. The zero-order chi connectivity index (χ0) is 26.7. The fraction of sp³-hybridized carbons (Fsp3) is 0.423. The van der Waals surface area contributed by atoms with Gasteiger partial charge in [-0.2, -0.15) is 0 Å². The number of fused-ring (bicyclic) bond motifs is 1. The van der Waals surface area contributed by atoms with Gasteiger partial charge in [0.25, 0.3) is 0 Å². The number of hydrogen-bond acceptors (Lipinski definition) is 4. The first-order chi connectivity index (χ1) is 17.7. The number of carbonyl (C=O) groups is 3. The first-order valence-electron chi connectivity index (χ1n) is 12.3. The Labute approximate surface area is 213 Å². The minimum absolute atomic E-state index is 0.0433. The van der Waals surface area contributed by atoms with Gasteiger partial charge in [-0.05, 0) is 30.2 Å². The number of urea groups is 1. The molecule has 0 spiro atoms. The lowest BCUT2D eigenvalue weighted by Gasteiger charge is -2.54. The van der Waals surface area contributed by atoms with Crippen LogP contribution in [0.15, 0.2) is 42.5 Å². The number of unbranched alkanes of at least 4 members (excludes halogenated alkanes) is 1. The largest absolute Gasteiger partial charge is 0.334 e. The summed E-state index contributed by atoms with van der Waals surface area (Å²) in [6.07, 6.45) is 1.06. The molecule has 2 heterocycles. The molecule has 198 valence electrons. The molecular formula is C26H30F3N5O3. The second-order valence-corrected chi connectivity index (χ2v) is 9.34. The number of likely N-dealkylation sites (N-methyl/N-ethyl adjacent to an activating group) is 1. The number of rotatable bonds is 7. The van der Waals surface area contributed by atoms with Gasteiger partial charge in [-0.15, -0.1) is 0 Å². The zero-order valence-electron chi connectivity index (χ0n) is 20.8. The van der Waals surface area contributed by atoms with Gasteiger partial charge in [0.15, 0.2) is 0 Å². The van der Waals surface area contributed by atoms with Gasteiger partial charge < -0.3 is 15.1 Å². The van der Waals surface area contributed by atoms with E-state index in [9.17, 15) is 27.6 Å². The van der Waals surface area contributed by atoms with E-state index in [2.05, 4.69) is 5.32 Å². The van der Waals surface area contributed by atoms with Crippen LogP contribution in [0.5, 0.6) is 0 Å². The highest BCUT2D eigenvalue weighted by molar-refractivity contribution is 5.91. The van der Waals surface area contributed by atoms with Gasteiger partial charge in [-0.1, -0.05) is 38.0 Å². The van der Waals surface area contributed by atoms with Crippen LogP contribution in [-0.4, -0.2) is 70.0 Å². The van der Waals surface area contributed by atoms with Gasteiger partial charge in [0, 0.05) is 31.8 Å². The number of carbonyl (C=O) groups excluding carboxylic acids is 3. The number of halogens is 3. The fourth-order valence-electron chi connectivity index (χ4n) is 4.84. The molecule has 1 N–H and O–H groups in total. The van der Waals surface area contributed by atoms with Gasteiger partial charge >= 0.3 is 6.03 Å². The second kappa shape index (κ2) is 11.2. The molecule has 4 amide bonds. The molecule has 0 saturated carbocycles. The lowest BCUT2D eigenvalue weighted by atomic mass is 10.0. The maximum absolute atomic E-state index is 14.4. The van der Waals surface area contributed by atoms with Crippen molar-refractivity contribution in [3.8, 4) is 0 Å². The van der Waals surface area contributed by atoms with Gasteiger partial charge in [0.05, 0.1) is 13.1 Å². The van der Waals surface area contributed by atoms with E-state index in [0.717, 1.165) is 18.6 Å². The van der Waals surface area contributed by atoms with Crippen LogP contribution in [0.4, 0.5) is 18.0 Å². The van der Waals surface area contributed by atoms with Crippen molar-refractivity contribution in [3.63, 3.8) is 0 Å². The molecule has 2 atom stereocenters. The third-order valence-corrected chi connectivity index (χ3v) is 6.71. The van der Waals surface area contributed by atoms with Gasteiger partial charge in [-0.25, -0.2) is 28.0 Å². The molecule has 2 aromatic carbocycles. The normalized spacial score (nSPS) is 20.3. The van der Waals surface area contributed by atoms with Crippen molar-refractivity contribution in [1.82, 2.24) is 25.1 Å². The highest BCUT2D eigenvalue weighted by Gasteiger charge is 2.50. The summed E-state index contributed by atoms with van der Waals surface area (Å²) in [5, 5.41) is 5.68. The standard InChI is InChI=1S/C26H30F3N5O3/c1-3-4-5-22-25(36)32(14-18-8-11-20(28)12-21(18)29)15-23-33(22)24(35)16-31(2)34(23)26(37)30-13-17-6-9-19(27)10-7-17/h6-12,22-23H,3-5,13-16H2,1-2H3,(H,30,37)/t22-,23-/m0/s1. The predicted octanol–water partition coefficient (Wildman–Crippen LogP) is 3.23. The Bertz CT molecular complexity index is 1160. The molecule has 0 aromatic heterocycles. The SMILES string of the molecule is CCCC[C@H]1C(=O)N(Cc2ccc(F)cc2F)C[C@H]2N1C(=O)CN(C)N2C(=O)NCc1ccc(F)cc1. The molecule has 8 nitrogen and oxygen atoms in total. The van der Waals surface area contributed by atoms with Crippen LogP contribution in [0, 0.1) is 17.5 Å². The summed E-state index contributed by atoms with van der Waals surface area (Å²) in [7, 11) is 1.61. The Morgan fingerprint density at radius 2 is 1.76 bits per heavy atom. The topological polar surface area (TPSA) is 76.2 Å². The van der Waals surface area contributed by atoms with E-state index in [0.29, 0.717) is 18.4 Å². The molecule has 4 rings (SSSR count). The van der Waals surface area contributed by atoms with Crippen molar-refractivity contribution in [3.05, 3.63) is 71.0 Å². The molecule has 0 radical (unpaired) electrons. The average molecular weight is 518 g/mol. The highest BCUT2D eigenvalue weighted by Crippen LogP contribution is 2.29. The second-order valence-electron chi connectivity index (χ2n) is 9.34. The summed E-state index contributed by atoms with van der Waals surface area (Å²) >= 11 is 0. The van der Waals surface area contributed by atoms with Crippen molar-refractivity contribution in [2.24, 2.45) is 0 Å². The minimum atomic E-state index is -0.817. The third kappa shape index (κ3) is 5.71. The summed E-state index contributed by atoms with van der Waals surface area (Å²) in [5.74, 6) is -2.49. The third-order valence-electron chi connectivity index (χ3n) is 6.71. The van der Waals surface area contributed by atoms with Crippen molar-refractivity contribution in [1.29, 1.82) is 0 Å². The van der Waals surface area contributed by atoms with Crippen molar-refractivity contribution in [2.75, 3.05) is 20.1 Å². The minimum Gasteiger partial charge on any atom is -0.333 e. The van der Waals surface area contributed by atoms with Crippen molar-refractivity contribution in [2.45, 2.75) is 51.5 Å². The number of nitrogens with zero attached hydrogens (tertiary/aromatic N) is 4. The summed E-state index contributed by atoms with van der Waals surface area (Å²) < 4.78 is 41.1. The highest BCUT2D eigenvalue weighted by atomic mass is 19.1. The Morgan fingerprint density at radius 1 is 1.05 bits per heavy atom. The Morgan fingerprint density at radius 3 is 2.43 bits per heavy atom. The van der Waals surface area contributed by atoms with Crippen LogP contribution in [0.25, 0.3) is 0 Å². The zero-order valence-corrected chi connectivity index (χ0v) is 20.8. The maximum Gasteiger partial charge on any atom is 0.334 e. The number of piperazine rings is 1. The van der Waals surface area contributed by atoms with E-state index in [-0.39, 0.29) is 49.4 Å². The molecule has 11 heteroatoms. The molecule has 2 aliphatic rings. The van der Waals surface area contributed by atoms with E-state index in [1.54, 1.807) is 19.2 Å². The summed E-state index contributed by atoms with van der Waals surface area (Å²) in [6, 6.07) is 7.59. The van der Waals surface area contributed by atoms with Crippen molar-refractivity contribution < 1.29 is 27.6 Å². The number of benzene rings is 2. The van der Waals surface area contributed by atoms with Gasteiger partial charge in [0.2, 0.25) is 11.8 Å². The summed E-state index contributed by atoms with van der Waals surface area (Å²) in [5.41, 5.74) is 0.829. The Balaban J connectivity index is 1.60. The number of hydrazine groups is 1. The predicted molar refractivity (Wildman–Crippen MR) is 129 cm³/mol. The Kier molecular flexibility index (Phi) is 8.01. The van der Waals surface area contributed by atoms with Crippen LogP contribution < -0.4 is 5.32 Å². The molecule has 2 aromatic rings. The van der Waals surface area contributed by atoms with Crippen LogP contribution in [-0.2, 0) is 22.7 Å². The van der Waals surface area contributed by atoms with E-state index in [1.165, 1.54) is 38.0 Å². The van der Waals surface area contributed by atoms with Gasteiger partial charge in [-0.3, -0.25) is 9.59 Å². The van der Waals surface area contributed by atoms with Crippen LogP contribution in [0.3, 0.4) is 0 Å². The molecular weight excluding hydrogens is 487 g/mol. The molecule has 0 unspecified atom stereocenters. The average Bonchev–Trinajstić information content (AvgIpc) is 2.85. The smallest absolute Gasteiger partial charge is 0.333 e. The number of amides is 4. The molecule has 2 fully saturated rings. The lowest BCUT2D eigenvalue weighted by Crippen LogP contribution is -2.75. The summed E-state index contributed by atoms with van der Waals surface area (Å²) in [6.45, 7) is 1.84. The van der Waals surface area contributed by atoms with Crippen molar-refractivity contribution >= 4 is 17.8 Å². The van der Waals surface area contributed by atoms with Gasteiger partial charge in [0.1, 0.15) is 29.7 Å². The molecule has 0 aliphatic carbocycles.